The lowest BCUT2D eigenvalue weighted by molar-refractivity contribution is -0.133. The molecule has 0 aliphatic rings. The van der Waals surface area contributed by atoms with E-state index < -0.39 is 17.6 Å². The van der Waals surface area contributed by atoms with Crippen molar-refractivity contribution in [1.82, 2.24) is 0 Å². The van der Waals surface area contributed by atoms with Crippen LogP contribution in [0.4, 0.5) is 15.8 Å². The highest BCUT2D eigenvalue weighted by atomic mass is 79.9. The van der Waals surface area contributed by atoms with Gasteiger partial charge < -0.3 is 10.6 Å². The summed E-state index contributed by atoms with van der Waals surface area (Å²) in [5, 5.41) is 4.88. The Kier molecular flexibility index (Phi) is 4.70. The minimum Gasteiger partial charge on any atom is -0.318 e. The van der Waals surface area contributed by atoms with E-state index in [0.29, 0.717) is 15.8 Å². The number of rotatable bonds is 2. The molecule has 0 aliphatic carbocycles. The molecule has 0 atom stereocenters. The lowest BCUT2D eigenvalue weighted by atomic mass is 10.2. The molecule has 108 valence electrons. The van der Waals surface area contributed by atoms with Gasteiger partial charge >= 0.3 is 11.8 Å². The number of hydrogen-bond acceptors (Lipinski definition) is 2. The Morgan fingerprint density at radius 1 is 1.00 bits per heavy atom. The van der Waals surface area contributed by atoms with E-state index >= 15 is 0 Å². The molecule has 4 nitrogen and oxygen atoms in total. The van der Waals surface area contributed by atoms with Crippen molar-refractivity contribution in [2.75, 3.05) is 10.6 Å². The van der Waals surface area contributed by atoms with Gasteiger partial charge in [0.25, 0.3) is 0 Å². The molecule has 21 heavy (non-hydrogen) atoms. The Balaban J connectivity index is 2.02. The summed E-state index contributed by atoms with van der Waals surface area (Å²) in [5.41, 5.74) is 1.87. The summed E-state index contributed by atoms with van der Waals surface area (Å²) in [4.78, 5) is 23.6. The van der Waals surface area contributed by atoms with Crippen LogP contribution in [0.5, 0.6) is 0 Å². The van der Waals surface area contributed by atoms with Gasteiger partial charge in [-0.25, -0.2) is 4.39 Å². The molecule has 0 saturated heterocycles. The fraction of sp³-hybridized carbons (Fsp3) is 0.0667. The first-order valence-corrected chi connectivity index (χ1v) is 6.89. The molecule has 2 aromatic carbocycles. The van der Waals surface area contributed by atoms with Gasteiger partial charge in [-0.1, -0.05) is 6.07 Å². The zero-order valence-electron chi connectivity index (χ0n) is 11.1. The summed E-state index contributed by atoms with van der Waals surface area (Å²) in [6.45, 7) is 1.91. The summed E-state index contributed by atoms with van der Waals surface area (Å²) in [7, 11) is 0. The van der Waals surface area contributed by atoms with Gasteiger partial charge in [-0.05, 0) is 64.8 Å². The van der Waals surface area contributed by atoms with Crippen molar-refractivity contribution in [1.29, 1.82) is 0 Å². The zero-order chi connectivity index (χ0) is 15.4. The highest BCUT2D eigenvalue weighted by Gasteiger charge is 2.15. The molecular weight excluding hydrogens is 339 g/mol. The summed E-state index contributed by atoms with van der Waals surface area (Å²) < 4.78 is 13.4. The first kappa shape index (κ1) is 15.2. The molecule has 0 radical (unpaired) electrons. The Morgan fingerprint density at radius 3 is 2.24 bits per heavy atom. The minimum absolute atomic E-state index is 0.347. The van der Waals surface area contributed by atoms with E-state index in [1.165, 1.54) is 24.3 Å². The monoisotopic (exact) mass is 350 g/mol. The van der Waals surface area contributed by atoms with Crippen LogP contribution in [-0.2, 0) is 9.59 Å². The molecule has 0 aliphatic heterocycles. The maximum atomic E-state index is 12.8. The topological polar surface area (TPSA) is 58.2 Å². The van der Waals surface area contributed by atoms with E-state index in [1.807, 2.05) is 19.1 Å². The van der Waals surface area contributed by atoms with E-state index in [4.69, 9.17) is 0 Å². The van der Waals surface area contributed by atoms with Crippen LogP contribution in [0.25, 0.3) is 0 Å². The second-order valence-corrected chi connectivity index (χ2v) is 5.25. The van der Waals surface area contributed by atoms with Crippen molar-refractivity contribution in [2.24, 2.45) is 0 Å². The number of halogens is 2. The lowest BCUT2D eigenvalue weighted by Crippen LogP contribution is -2.29. The van der Waals surface area contributed by atoms with Gasteiger partial charge in [-0.2, -0.15) is 0 Å². The van der Waals surface area contributed by atoms with Crippen LogP contribution in [0.2, 0.25) is 0 Å². The van der Waals surface area contributed by atoms with Crippen LogP contribution >= 0.6 is 15.9 Å². The summed E-state index contributed by atoms with van der Waals surface area (Å²) in [5.74, 6) is -2.04. The molecule has 0 spiro atoms. The van der Waals surface area contributed by atoms with Crippen molar-refractivity contribution in [3.63, 3.8) is 0 Å². The van der Waals surface area contributed by atoms with Gasteiger partial charge in [0.2, 0.25) is 0 Å². The van der Waals surface area contributed by atoms with E-state index in [0.717, 1.165) is 5.56 Å². The van der Waals surface area contributed by atoms with E-state index in [9.17, 15) is 14.0 Å². The number of nitrogens with one attached hydrogen (secondary N) is 2. The molecule has 0 aromatic heterocycles. The van der Waals surface area contributed by atoms with Crippen molar-refractivity contribution in [2.45, 2.75) is 6.92 Å². The number of carbonyl (C=O) groups is 2. The molecule has 2 aromatic rings. The van der Waals surface area contributed by atoms with Gasteiger partial charge in [0.1, 0.15) is 5.82 Å². The minimum atomic E-state index is -0.825. The SMILES string of the molecule is Cc1ccc(NC(=O)C(=O)Nc2ccc(F)cc2)c(Br)c1. The van der Waals surface area contributed by atoms with Crippen molar-refractivity contribution < 1.29 is 14.0 Å². The number of anilines is 2. The van der Waals surface area contributed by atoms with Crippen molar-refractivity contribution in [3.8, 4) is 0 Å². The maximum absolute atomic E-state index is 12.8. The molecule has 0 unspecified atom stereocenters. The smallest absolute Gasteiger partial charge is 0.314 e. The van der Waals surface area contributed by atoms with Crippen LogP contribution in [0.3, 0.4) is 0 Å². The third-order valence-corrected chi connectivity index (χ3v) is 3.34. The largest absolute Gasteiger partial charge is 0.318 e. The van der Waals surface area contributed by atoms with Gasteiger partial charge in [-0.15, -0.1) is 0 Å². The standard InChI is InChI=1S/C15H12BrFN2O2/c1-9-2-7-13(12(16)8-9)19-15(21)14(20)18-11-5-3-10(17)4-6-11/h2-8H,1H3,(H,18,20)(H,19,21). The molecular formula is C15H12BrFN2O2. The van der Waals surface area contributed by atoms with Crippen LogP contribution in [0.15, 0.2) is 46.9 Å². The van der Waals surface area contributed by atoms with Gasteiger partial charge in [-0.3, -0.25) is 9.59 Å². The molecule has 2 rings (SSSR count). The Labute approximate surface area is 129 Å². The summed E-state index contributed by atoms with van der Waals surface area (Å²) >= 11 is 3.31. The third-order valence-electron chi connectivity index (χ3n) is 2.68. The van der Waals surface area contributed by atoms with Crippen LogP contribution in [0, 0.1) is 12.7 Å². The molecule has 2 amide bonds. The average Bonchev–Trinajstić information content (AvgIpc) is 2.44. The fourth-order valence-corrected chi connectivity index (χ4v) is 2.21. The van der Waals surface area contributed by atoms with Crippen LogP contribution in [0.1, 0.15) is 5.56 Å². The fourth-order valence-electron chi connectivity index (χ4n) is 1.62. The van der Waals surface area contributed by atoms with E-state index in [-0.39, 0.29) is 0 Å². The number of amides is 2. The van der Waals surface area contributed by atoms with Crippen LogP contribution < -0.4 is 10.6 Å². The second kappa shape index (κ2) is 6.49. The number of aryl methyl sites for hydroxylation is 1. The molecule has 0 fully saturated rings. The first-order chi connectivity index (χ1) is 9.95. The molecule has 0 heterocycles. The predicted molar refractivity (Wildman–Crippen MR) is 82.5 cm³/mol. The Morgan fingerprint density at radius 2 is 1.62 bits per heavy atom. The lowest BCUT2D eigenvalue weighted by Gasteiger charge is -2.08. The van der Waals surface area contributed by atoms with E-state index in [1.54, 1.807) is 6.07 Å². The third kappa shape index (κ3) is 4.13. The van der Waals surface area contributed by atoms with E-state index in [2.05, 4.69) is 26.6 Å². The zero-order valence-corrected chi connectivity index (χ0v) is 12.7. The highest BCUT2D eigenvalue weighted by Crippen LogP contribution is 2.23. The van der Waals surface area contributed by atoms with Crippen molar-refractivity contribution >= 4 is 39.1 Å². The average molecular weight is 351 g/mol. The van der Waals surface area contributed by atoms with Gasteiger partial charge in [0, 0.05) is 10.2 Å². The second-order valence-electron chi connectivity index (χ2n) is 4.40. The normalized spacial score (nSPS) is 10.0. The van der Waals surface area contributed by atoms with Gasteiger partial charge in [0.05, 0.1) is 5.69 Å². The first-order valence-electron chi connectivity index (χ1n) is 6.10. The summed E-state index contributed by atoms with van der Waals surface area (Å²) in [6.07, 6.45) is 0. The predicted octanol–water partition coefficient (Wildman–Crippen LogP) is 3.47. The molecule has 2 N–H and O–H groups in total. The molecule has 0 saturated carbocycles. The summed E-state index contributed by atoms with van der Waals surface area (Å²) in [6, 6.07) is 10.5. The van der Waals surface area contributed by atoms with Crippen molar-refractivity contribution in [3.05, 3.63) is 58.3 Å². The highest BCUT2D eigenvalue weighted by molar-refractivity contribution is 9.10. The van der Waals surface area contributed by atoms with Gasteiger partial charge in [0.15, 0.2) is 0 Å². The number of hydrogen-bond donors (Lipinski definition) is 2. The maximum Gasteiger partial charge on any atom is 0.314 e. The molecule has 6 heteroatoms. The molecule has 0 bridgehead atoms. The Hall–Kier alpha value is -2.21. The number of carbonyl (C=O) groups excluding carboxylic acids is 2. The number of benzene rings is 2. The Bertz CT molecular complexity index is 687. The quantitative estimate of drug-likeness (QED) is 0.814. The van der Waals surface area contributed by atoms with Crippen LogP contribution in [-0.4, -0.2) is 11.8 Å².